The molecular weight excluding hydrogens is 246 g/mol. The molecule has 0 unspecified atom stereocenters. The molecule has 0 aromatic carbocycles. The molecule has 19 heavy (non-hydrogen) atoms. The Kier molecular flexibility index (Phi) is 2.90. The quantitative estimate of drug-likeness (QED) is 0.844. The van der Waals surface area contributed by atoms with Gasteiger partial charge in [-0.15, -0.1) is 5.10 Å². The first-order valence-electron chi connectivity index (χ1n) is 6.17. The number of aromatic nitrogens is 5. The van der Waals surface area contributed by atoms with Crippen molar-refractivity contribution in [1.29, 1.82) is 0 Å². The first-order valence-corrected chi connectivity index (χ1v) is 6.17. The Hall–Kier alpha value is -2.38. The number of nitrogens with one attached hydrogen (secondary N) is 1. The first-order chi connectivity index (χ1) is 9.20. The SMILES string of the molecule is Cc1cc(Oc2nc(N)nc(N3CCCC3)n2)n[nH]1. The Bertz CT molecular complexity index is 576. The van der Waals surface area contributed by atoms with Crippen LogP contribution in [0.1, 0.15) is 18.5 Å². The van der Waals surface area contributed by atoms with Gasteiger partial charge in [0.1, 0.15) is 0 Å². The van der Waals surface area contributed by atoms with Crippen molar-refractivity contribution in [3.8, 4) is 11.9 Å². The molecule has 0 aliphatic carbocycles. The Labute approximate surface area is 110 Å². The van der Waals surface area contributed by atoms with Crippen molar-refractivity contribution in [2.24, 2.45) is 0 Å². The minimum absolute atomic E-state index is 0.152. The zero-order valence-electron chi connectivity index (χ0n) is 10.6. The van der Waals surface area contributed by atoms with E-state index in [1.54, 1.807) is 6.07 Å². The van der Waals surface area contributed by atoms with Gasteiger partial charge in [0.2, 0.25) is 17.8 Å². The second-order valence-electron chi connectivity index (χ2n) is 4.46. The summed E-state index contributed by atoms with van der Waals surface area (Å²) in [6, 6.07) is 1.93. The number of H-pyrrole nitrogens is 1. The second-order valence-corrected chi connectivity index (χ2v) is 4.46. The fourth-order valence-corrected chi connectivity index (χ4v) is 2.00. The van der Waals surface area contributed by atoms with Gasteiger partial charge in [-0.3, -0.25) is 5.10 Å². The molecule has 3 N–H and O–H groups in total. The molecule has 3 heterocycles. The minimum Gasteiger partial charge on any atom is -0.403 e. The lowest BCUT2D eigenvalue weighted by Gasteiger charge is -2.15. The van der Waals surface area contributed by atoms with Crippen LogP contribution in [0.5, 0.6) is 11.9 Å². The number of nitrogens with zero attached hydrogens (tertiary/aromatic N) is 5. The van der Waals surface area contributed by atoms with Gasteiger partial charge in [-0.2, -0.15) is 15.0 Å². The molecule has 0 radical (unpaired) electrons. The second kappa shape index (κ2) is 4.71. The van der Waals surface area contributed by atoms with E-state index in [9.17, 15) is 0 Å². The number of aromatic amines is 1. The normalized spacial score (nSPS) is 14.9. The highest BCUT2D eigenvalue weighted by molar-refractivity contribution is 5.37. The number of hydrogen-bond donors (Lipinski definition) is 2. The maximum absolute atomic E-state index is 5.69. The van der Waals surface area contributed by atoms with Crippen molar-refractivity contribution in [2.45, 2.75) is 19.8 Å². The zero-order valence-corrected chi connectivity index (χ0v) is 10.6. The highest BCUT2D eigenvalue weighted by Crippen LogP contribution is 2.21. The van der Waals surface area contributed by atoms with Crippen LogP contribution in [0.2, 0.25) is 0 Å². The molecular formula is C11H15N7O. The van der Waals surface area contributed by atoms with E-state index < -0.39 is 0 Å². The highest BCUT2D eigenvalue weighted by Gasteiger charge is 2.17. The fraction of sp³-hybridized carbons (Fsp3) is 0.455. The molecule has 0 bridgehead atoms. The lowest BCUT2D eigenvalue weighted by atomic mass is 10.4. The van der Waals surface area contributed by atoms with Gasteiger partial charge < -0.3 is 15.4 Å². The summed E-state index contributed by atoms with van der Waals surface area (Å²) in [7, 11) is 0. The van der Waals surface area contributed by atoms with Gasteiger partial charge in [0.15, 0.2) is 0 Å². The monoisotopic (exact) mass is 261 g/mol. The van der Waals surface area contributed by atoms with Gasteiger partial charge >= 0.3 is 6.01 Å². The van der Waals surface area contributed by atoms with Crippen LogP contribution in [0.15, 0.2) is 6.07 Å². The van der Waals surface area contributed by atoms with Crippen LogP contribution < -0.4 is 15.4 Å². The van der Waals surface area contributed by atoms with Crippen LogP contribution in [0.4, 0.5) is 11.9 Å². The summed E-state index contributed by atoms with van der Waals surface area (Å²) < 4.78 is 5.47. The standard InChI is InChI=1S/C11H15N7O/c1-7-6-8(17-16-7)19-11-14-9(12)13-10(15-11)18-4-2-3-5-18/h6H,2-5H2,1H3,(H,16,17)(H2,12,13,14,15). The van der Waals surface area contributed by atoms with Crippen LogP contribution in [-0.2, 0) is 0 Å². The van der Waals surface area contributed by atoms with Gasteiger partial charge in [-0.05, 0) is 19.8 Å². The van der Waals surface area contributed by atoms with Crippen molar-refractivity contribution >= 4 is 11.9 Å². The summed E-state index contributed by atoms with van der Waals surface area (Å²) in [6.07, 6.45) is 2.28. The van der Waals surface area contributed by atoms with Gasteiger partial charge in [-0.1, -0.05) is 0 Å². The zero-order chi connectivity index (χ0) is 13.2. The highest BCUT2D eigenvalue weighted by atomic mass is 16.5. The van der Waals surface area contributed by atoms with Crippen molar-refractivity contribution in [1.82, 2.24) is 25.1 Å². The average Bonchev–Trinajstić information content (AvgIpc) is 3.00. The van der Waals surface area contributed by atoms with E-state index in [4.69, 9.17) is 10.5 Å². The number of rotatable bonds is 3. The Balaban J connectivity index is 1.84. The van der Waals surface area contributed by atoms with Gasteiger partial charge in [0.25, 0.3) is 0 Å². The maximum atomic E-state index is 5.69. The molecule has 1 aliphatic heterocycles. The molecule has 0 amide bonds. The van der Waals surface area contributed by atoms with E-state index in [-0.39, 0.29) is 12.0 Å². The largest absolute Gasteiger partial charge is 0.403 e. The lowest BCUT2D eigenvalue weighted by Crippen LogP contribution is -2.21. The molecule has 0 saturated carbocycles. The van der Waals surface area contributed by atoms with Crippen LogP contribution in [0.25, 0.3) is 0 Å². The summed E-state index contributed by atoms with van der Waals surface area (Å²) in [5, 5.41) is 6.75. The topological polar surface area (TPSA) is 106 Å². The van der Waals surface area contributed by atoms with E-state index in [1.165, 1.54) is 0 Å². The summed E-state index contributed by atoms with van der Waals surface area (Å²) in [5.41, 5.74) is 6.59. The molecule has 0 spiro atoms. The third-order valence-electron chi connectivity index (χ3n) is 2.89. The summed E-state index contributed by atoms with van der Waals surface area (Å²) >= 11 is 0. The average molecular weight is 261 g/mol. The van der Waals surface area contributed by atoms with Crippen molar-refractivity contribution in [3.63, 3.8) is 0 Å². The predicted octanol–water partition coefficient (Wildman–Crippen LogP) is 0.878. The van der Waals surface area contributed by atoms with E-state index >= 15 is 0 Å². The molecule has 8 nitrogen and oxygen atoms in total. The van der Waals surface area contributed by atoms with E-state index in [0.717, 1.165) is 31.6 Å². The molecule has 3 rings (SSSR count). The summed E-state index contributed by atoms with van der Waals surface area (Å²) in [6.45, 7) is 3.76. The number of ether oxygens (including phenoxy) is 1. The number of aryl methyl sites for hydroxylation is 1. The van der Waals surface area contributed by atoms with Crippen LogP contribution in [0.3, 0.4) is 0 Å². The first kappa shape index (κ1) is 11.7. The molecule has 1 fully saturated rings. The summed E-state index contributed by atoms with van der Waals surface area (Å²) in [4.78, 5) is 14.4. The lowest BCUT2D eigenvalue weighted by molar-refractivity contribution is 0.423. The van der Waals surface area contributed by atoms with E-state index in [1.807, 2.05) is 6.92 Å². The number of nitrogens with two attached hydrogens (primary N) is 1. The predicted molar refractivity (Wildman–Crippen MR) is 69.1 cm³/mol. The van der Waals surface area contributed by atoms with Crippen LogP contribution in [0, 0.1) is 6.92 Å². The van der Waals surface area contributed by atoms with E-state index in [0.29, 0.717) is 11.8 Å². The molecule has 8 heteroatoms. The summed E-state index contributed by atoms with van der Waals surface area (Å²) in [5.74, 6) is 1.13. The van der Waals surface area contributed by atoms with Crippen molar-refractivity contribution in [3.05, 3.63) is 11.8 Å². The Morgan fingerprint density at radius 1 is 1.26 bits per heavy atom. The van der Waals surface area contributed by atoms with Crippen molar-refractivity contribution < 1.29 is 4.74 Å². The molecule has 0 atom stereocenters. The van der Waals surface area contributed by atoms with Crippen molar-refractivity contribution in [2.75, 3.05) is 23.7 Å². The Morgan fingerprint density at radius 2 is 2.05 bits per heavy atom. The third-order valence-corrected chi connectivity index (χ3v) is 2.89. The number of nitrogen functional groups attached to an aromatic ring is 1. The van der Waals surface area contributed by atoms with Crippen LogP contribution in [-0.4, -0.2) is 38.2 Å². The fourth-order valence-electron chi connectivity index (χ4n) is 2.00. The Morgan fingerprint density at radius 3 is 2.74 bits per heavy atom. The molecule has 2 aromatic rings. The number of anilines is 2. The van der Waals surface area contributed by atoms with Gasteiger partial charge in [-0.25, -0.2) is 0 Å². The molecule has 2 aromatic heterocycles. The minimum atomic E-state index is 0.152. The smallest absolute Gasteiger partial charge is 0.330 e. The molecule has 1 saturated heterocycles. The van der Waals surface area contributed by atoms with Gasteiger partial charge in [0.05, 0.1) is 0 Å². The third kappa shape index (κ3) is 2.56. The van der Waals surface area contributed by atoms with Gasteiger partial charge in [0, 0.05) is 24.8 Å². The van der Waals surface area contributed by atoms with Crippen LogP contribution >= 0.6 is 0 Å². The van der Waals surface area contributed by atoms with E-state index in [2.05, 4.69) is 30.0 Å². The number of hydrogen-bond acceptors (Lipinski definition) is 7. The molecule has 100 valence electrons. The molecule has 1 aliphatic rings. The maximum Gasteiger partial charge on any atom is 0.330 e.